The Balaban J connectivity index is 2.22. The van der Waals surface area contributed by atoms with Crippen LogP contribution in [0.25, 0.3) is 0 Å². The van der Waals surface area contributed by atoms with Gasteiger partial charge in [0.2, 0.25) is 0 Å². The second kappa shape index (κ2) is 5.65. The molecule has 0 aliphatic rings. The van der Waals surface area contributed by atoms with E-state index in [2.05, 4.69) is 0 Å². The highest BCUT2D eigenvalue weighted by atomic mass is 19.1. The van der Waals surface area contributed by atoms with Gasteiger partial charge < -0.3 is 10.0 Å². The van der Waals surface area contributed by atoms with Gasteiger partial charge in [-0.1, -0.05) is 36.4 Å². The number of benzene rings is 2. The van der Waals surface area contributed by atoms with Crippen LogP contribution in [-0.2, 0) is 13.2 Å². The topological polar surface area (TPSA) is 23.5 Å². The lowest BCUT2D eigenvalue weighted by atomic mass is 10.1. The molecular formula is C15H16FNO. The van der Waals surface area contributed by atoms with E-state index in [4.69, 9.17) is 0 Å². The Morgan fingerprint density at radius 1 is 1.00 bits per heavy atom. The fraction of sp³-hybridized carbons (Fsp3) is 0.200. The maximum atomic E-state index is 13.6. The molecular weight excluding hydrogens is 229 g/mol. The van der Waals surface area contributed by atoms with Gasteiger partial charge in [0.15, 0.2) is 0 Å². The molecule has 0 aliphatic heterocycles. The second-order valence-electron chi connectivity index (χ2n) is 4.23. The van der Waals surface area contributed by atoms with Gasteiger partial charge in [-0.15, -0.1) is 0 Å². The second-order valence-corrected chi connectivity index (χ2v) is 4.23. The molecule has 2 nitrogen and oxygen atoms in total. The van der Waals surface area contributed by atoms with Crippen LogP contribution in [0.1, 0.15) is 11.1 Å². The fourth-order valence-electron chi connectivity index (χ4n) is 1.98. The molecule has 18 heavy (non-hydrogen) atoms. The van der Waals surface area contributed by atoms with Crippen LogP contribution in [0.3, 0.4) is 0 Å². The normalized spacial score (nSPS) is 10.4. The van der Waals surface area contributed by atoms with E-state index >= 15 is 0 Å². The summed E-state index contributed by atoms with van der Waals surface area (Å²) < 4.78 is 13.6. The lowest BCUT2D eigenvalue weighted by Crippen LogP contribution is -2.18. The molecule has 0 aliphatic carbocycles. The third-order valence-electron chi connectivity index (χ3n) is 2.94. The number of hydrogen-bond donors (Lipinski definition) is 1. The summed E-state index contributed by atoms with van der Waals surface area (Å²) in [7, 11) is 1.89. The van der Waals surface area contributed by atoms with Crippen LogP contribution in [0.4, 0.5) is 10.1 Å². The zero-order valence-corrected chi connectivity index (χ0v) is 10.3. The fourth-order valence-corrected chi connectivity index (χ4v) is 1.98. The summed E-state index contributed by atoms with van der Waals surface area (Å²) in [5.74, 6) is -0.203. The van der Waals surface area contributed by atoms with Gasteiger partial charge in [0.1, 0.15) is 5.82 Å². The minimum absolute atomic E-state index is 0.0161. The van der Waals surface area contributed by atoms with Crippen LogP contribution in [-0.4, -0.2) is 12.2 Å². The van der Waals surface area contributed by atoms with Crippen molar-refractivity contribution in [2.75, 3.05) is 11.9 Å². The molecule has 0 atom stereocenters. The molecule has 0 saturated heterocycles. The van der Waals surface area contributed by atoms with E-state index < -0.39 is 0 Å². The van der Waals surface area contributed by atoms with Gasteiger partial charge in [-0.2, -0.15) is 0 Å². The predicted molar refractivity (Wildman–Crippen MR) is 70.9 cm³/mol. The molecule has 0 fully saturated rings. The van der Waals surface area contributed by atoms with Gasteiger partial charge in [-0.25, -0.2) is 4.39 Å². The Morgan fingerprint density at radius 2 is 1.61 bits per heavy atom. The van der Waals surface area contributed by atoms with Gasteiger partial charge in [0.25, 0.3) is 0 Å². The van der Waals surface area contributed by atoms with Crippen molar-refractivity contribution in [3.8, 4) is 0 Å². The summed E-state index contributed by atoms with van der Waals surface area (Å²) in [5.41, 5.74) is 2.41. The summed E-state index contributed by atoms with van der Waals surface area (Å²) in [4.78, 5) is 1.93. The van der Waals surface area contributed by atoms with Crippen LogP contribution in [0.5, 0.6) is 0 Å². The van der Waals surface area contributed by atoms with E-state index in [0.29, 0.717) is 12.1 Å². The first kappa shape index (κ1) is 12.6. The summed E-state index contributed by atoms with van der Waals surface area (Å²) in [5, 5.41) is 9.29. The third kappa shape index (κ3) is 2.68. The standard InChI is InChI=1S/C15H16FNO/c1-17(10-12-6-2-4-8-14(12)16)15-9-5-3-7-13(15)11-18/h2-9,18H,10-11H2,1H3. The number of nitrogens with zero attached hydrogens (tertiary/aromatic N) is 1. The molecule has 0 aromatic heterocycles. The van der Waals surface area contributed by atoms with Crippen molar-refractivity contribution in [2.45, 2.75) is 13.2 Å². The molecule has 1 N–H and O–H groups in total. The van der Waals surface area contributed by atoms with Crippen LogP contribution in [0, 0.1) is 5.82 Å². The number of para-hydroxylation sites is 1. The molecule has 94 valence electrons. The Hall–Kier alpha value is -1.87. The molecule has 0 spiro atoms. The lowest BCUT2D eigenvalue weighted by Gasteiger charge is -2.22. The average Bonchev–Trinajstić information content (AvgIpc) is 2.41. The molecule has 0 saturated carbocycles. The van der Waals surface area contributed by atoms with Crippen molar-refractivity contribution in [1.82, 2.24) is 0 Å². The zero-order valence-electron chi connectivity index (χ0n) is 10.3. The van der Waals surface area contributed by atoms with Gasteiger partial charge in [0.05, 0.1) is 6.61 Å². The number of aliphatic hydroxyl groups excluding tert-OH is 1. The Morgan fingerprint density at radius 3 is 2.28 bits per heavy atom. The largest absolute Gasteiger partial charge is 0.392 e. The first-order valence-corrected chi connectivity index (χ1v) is 5.85. The summed E-state index contributed by atoms with van der Waals surface area (Å²) in [6.07, 6.45) is 0. The zero-order chi connectivity index (χ0) is 13.0. The first-order valence-electron chi connectivity index (χ1n) is 5.85. The predicted octanol–water partition coefficient (Wildman–Crippen LogP) is 2.95. The summed E-state index contributed by atoms with van der Waals surface area (Å²) in [6.45, 7) is 0.460. The minimum atomic E-state index is -0.203. The van der Waals surface area contributed by atoms with Gasteiger partial charge in [-0.3, -0.25) is 0 Å². The monoisotopic (exact) mass is 245 g/mol. The lowest BCUT2D eigenvalue weighted by molar-refractivity contribution is 0.282. The third-order valence-corrected chi connectivity index (χ3v) is 2.94. The van der Waals surface area contributed by atoms with Crippen LogP contribution in [0.2, 0.25) is 0 Å². The van der Waals surface area contributed by atoms with Gasteiger partial charge in [-0.05, 0) is 12.1 Å². The maximum absolute atomic E-state index is 13.6. The van der Waals surface area contributed by atoms with Crippen molar-refractivity contribution in [1.29, 1.82) is 0 Å². The SMILES string of the molecule is CN(Cc1ccccc1F)c1ccccc1CO. The Bertz CT molecular complexity index is 527. The van der Waals surface area contributed by atoms with Crippen molar-refractivity contribution in [2.24, 2.45) is 0 Å². The average molecular weight is 245 g/mol. The molecule has 0 unspecified atom stereocenters. The van der Waals surface area contributed by atoms with E-state index in [1.165, 1.54) is 6.07 Å². The Labute approximate surface area is 106 Å². The molecule has 0 bridgehead atoms. The number of halogens is 1. The summed E-state index contributed by atoms with van der Waals surface area (Å²) >= 11 is 0. The minimum Gasteiger partial charge on any atom is -0.392 e. The number of hydrogen-bond acceptors (Lipinski definition) is 2. The van der Waals surface area contributed by atoms with Gasteiger partial charge in [0, 0.05) is 30.4 Å². The van der Waals surface area contributed by atoms with E-state index in [9.17, 15) is 9.50 Å². The van der Waals surface area contributed by atoms with E-state index in [0.717, 1.165) is 11.3 Å². The van der Waals surface area contributed by atoms with E-state index in [-0.39, 0.29) is 12.4 Å². The summed E-state index contributed by atoms with van der Waals surface area (Å²) in [6, 6.07) is 14.3. The number of anilines is 1. The molecule has 0 amide bonds. The number of rotatable bonds is 4. The highest BCUT2D eigenvalue weighted by Gasteiger charge is 2.08. The molecule has 3 heteroatoms. The molecule has 0 radical (unpaired) electrons. The maximum Gasteiger partial charge on any atom is 0.128 e. The van der Waals surface area contributed by atoms with E-state index in [1.54, 1.807) is 12.1 Å². The molecule has 2 rings (SSSR count). The smallest absolute Gasteiger partial charge is 0.128 e. The van der Waals surface area contributed by atoms with Crippen molar-refractivity contribution in [3.63, 3.8) is 0 Å². The molecule has 2 aromatic carbocycles. The highest BCUT2D eigenvalue weighted by Crippen LogP contribution is 2.21. The van der Waals surface area contributed by atoms with Crippen molar-refractivity contribution in [3.05, 3.63) is 65.5 Å². The molecule has 0 heterocycles. The highest BCUT2D eigenvalue weighted by molar-refractivity contribution is 5.53. The van der Waals surface area contributed by atoms with Crippen molar-refractivity contribution >= 4 is 5.69 Å². The van der Waals surface area contributed by atoms with Crippen LogP contribution in [0.15, 0.2) is 48.5 Å². The quantitative estimate of drug-likeness (QED) is 0.895. The molecule has 2 aromatic rings. The van der Waals surface area contributed by atoms with Crippen LogP contribution < -0.4 is 4.90 Å². The number of aliphatic hydroxyl groups is 1. The van der Waals surface area contributed by atoms with Crippen LogP contribution >= 0.6 is 0 Å². The van der Waals surface area contributed by atoms with Gasteiger partial charge >= 0.3 is 0 Å². The first-order chi connectivity index (χ1) is 8.72. The van der Waals surface area contributed by atoms with E-state index in [1.807, 2.05) is 42.3 Å². The van der Waals surface area contributed by atoms with Crippen molar-refractivity contribution < 1.29 is 9.50 Å². The Kier molecular flexibility index (Phi) is 3.95.